The molecule has 0 radical (unpaired) electrons. The fraction of sp³-hybridized carbons (Fsp3) is 0.500. The van der Waals surface area contributed by atoms with E-state index in [0.717, 1.165) is 12.0 Å². The highest BCUT2D eigenvalue weighted by atomic mass is 19.1. The summed E-state index contributed by atoms with van der Waals surface area (Å²) >= 11 is 0. The van der Waals surface area contributed by atoms with Gasteiger partial charge in [0.25, 0.3) is 0 Å². The van der Waals surface area contributed by atoms with E-state index < -0.39 is 0 Å². The van der Waals surface area contributed by atoms with Gasteiger partial charge in [0, 0.05) is 12.6 Å². The summed E-state index contributed by atoms with van der Waals surface area (Å²) in [6, 6.07) is 6.79. The quantitative estimate of drug-likeness (QED) is 0.849. The third-order valence-electron chi connectivity index (χ3n) is 3.21. The van der Waals surface area contributed by atoms with Crippen molar-refractivity contribution in [3.05, 3.63) is 35.1 Å². The number of nitrogens with one attached hydrogen (secondary N) is 1. The molecule has 0 aliphatic heterocycles. The van der Waals surface area contributed by atoms with Crippen molar-refractivity contribution in [1.82, 2.24) is 5.32 Å². The molecule has 1 rings (SSSR count). The molecule has 1 aromatic rings. The number of benzene rings is 1. The summed E-state index contributed by atoms with van der Waals surface area (Å²) in [4.78, 5) is 0. The molecule has 17 heavy (non-hydrogen) atoms. The largest absolute Gasteiger partial charge is 0.310 e. The molecule has 2 atom stereocenters. The Morgan fingerprint density at radius 2 is 2.06 bits per heavy atom. The summed E-state index contributed by atoms with van der Waals surface area (Å²) in [6.45, 7) is 7.05. The van der Waals surface area contributed by atoms with Crippen LogP contribution in [0.2, 0.25) is 0 Å². The first-order valence-corrected chi connectivity index (χ1v) is 5.99. The highest BCUT2D eigenvalue weighted by Gasteiger charge is 2.09. The molecule has 2 unspecified atom stereocenters. The molecule has 0 aromatic heterocycles. The van der Waals surface area contributed by atoms with Crippen molar-refractivity contribution in [2.75, 3.05) is 0 Å². The van der Waals surface area contributed by atoms with Crippen molar-refractivity contribution in [2.45, 2.75) is 39.8 Å². The topological polar surface area (TPSA) is 35.8 Å². The molecule has 0 spiro atoms. The summed E-state index contributed by atoms with van der Waals surface area (Å²) in [5.74, 6) is 0.232. The van der Waals surface area contributed by atoms with Gasteiger partial charge < -0.3 is 5.32 Å². The van der Waals surface area contributed by atoms with Crippen molar-refractivity contribution in [3.63, 3.8) is 0 Å². The number of hydrogen-bond acceptors (Lipinski definition) is 2. The highest BCUT2D eigenvalue weighted by Crippen LogP contribution is 2.11. The van der Waals surface area contributed by atoms with Crippen molar-refractivity contribution >= 4 is 0 Å². The molecule has 0 amide bonds. The second-order valence-electron chi connectivity index (χ2n) is 4.52. The normalized spacial score (nSPS) is 14.1. The first kappa shape index (κ1) is 13.7. The van der Waals surface area contributed by atoms with Gasteiger partial charge in [-0.15, -0.1) is 0 Å². The Hall–Kier alpha value is -1.40. The van der Waals surface area contributed by atoms with Crippen LogP contribution in [0, 0.1) is 23.1 Å². The highest BCUT2D eigenvalue weighted by molar-refractivity contribution is 5.33. The lowest BCUT2D eigenvalue weighted by molar-refractivity contribution is 0.389. The molecule has 0 aliphatic carbocycles. The van der Waals surface area contributed by atoms with Crippen LogP contribution in [0.4, 0.5) is 4.39 Å². The van der Waals surface area contributed by atoms with Crippen LogP contribution in [0.1, 0.15) is 38.3 Å². The van der Waals surface area contributed by atoms with Gasteiger partial charge in [0.2, 0.25) is 0 Å². The molecule has 0 fully saturated rings. The summed E-state index contributed by atoms with van der Waals surface area (Å²) < 4.78 is 13.2. The zero-order chi connectivity index (χ0) is 12.8. The molecule has 0 aliphatic rings. The molecule has 2 nitrogen and oxygen atoms in total. The van der Waals surface area contributed by atoms with Gasteiger partial charge in [0.05, 0.1) is 11.6 Å². The van der Waals surface area contributed by atoms with Crippen molar-refractivity contribution in [3.8, 4) is 6.07 Å². The van der Waals surface area contributed by atoms with Crippen LogP contribution in [0.15, 0.2) is 18.2 Å². The Morgan fingerprint density at radius 1 is 1.35 bits per heavy atom. The van der Waals surface area contributed by atoms with Crippen molar-refractivity contribution in [2.24, 2.45) is 5.92 Å². The monoisotopic (exact) mass is 234 g/mol. The third kappa shape index (κ3) is 4.16. The smallest absolute Gasteiger partial charge is 0.124 e. The lowest BCUT2D eigenvalue weighted by Gasteiger charge is -2.20. The van der Waals surface area contributed by atoms with Crippen LogP contribution in [0.3, 0.4) is 0 Å². The minimum Gasteiger partial charge on any atom is -0.310 e. The molecule has 1 aromatic carbocycles. The van der Waals surface area contributed by atoms with Gasteiger partial charge in [0.15, 0.2) is 0 Å². The molecule has 1 N–H and O–H groups in total. The van der Waals surface area contributed by atoms with Gasteiger partial charge in [-0.3, -0.25) is 0 Å². The van der Waals surface area contributed by atoms with Gasteiger partial charge in [-0.25, -0.2) is 4.39 Å². The molecular weight excluding hydrogens is 215 g/mol. The van der Waals surface area contributed by atoms with Crippen LogP contribution in [0.25, 0.3) is 0 Å². The fourth-order valence-electron chi connectivity index (χ4n) is 1.65. The summed E-state index contributed by atoms with van der Waals surface area (Å²) in [7, 11) is 0. The van der Waals surface area contributed by atoms with E-state index in [4.69, 9.17) is 5.26 Å². The van der Waals surface area contributed by atoms with Gasteiger partial charge in [-0.1, -0.05) is 20.3 Å². The lowest BCUT2D eigenvalue weighted by atomic mass is 10.0. The van der Waals surface area contributed by atoms with E-state index in [1.54, 1.807) is 6.07 Å². The Kier molecular flexibility index (Phi) is 5.11. The van der Waals surface area contributed by atoms with E-state index in [9.17, 15) is 4.39 Å². The Balaban J connectivity index is 2.64. The van der Waals surface area contributed by atoms with E-state index in [0.29, 0.717) is 24.1 Å². The number of nitrogens with zero attached hydrogens (tertiary/aromatic N) is 1. The number of halogens is 1. The first-order valence-electron chi connectivity index (χ1n) is 5.99. The molecule has 92 valence electrons. The van der Waals surface area contributed by atoms with E-state index in [1.807, 2.05) is 6.07 Å². The number of hydrogen-bond donors (Lipinski definition) is 1. The second kappa shape index (κ2) is 6.36. The Bertz CT molecular complexity index is 409. The minimum absolute atomic E-state index is 0.350. The van der Waals surface area contributed by atoms with Crippen LogP contribution >= 0.6 is 0 Å². The second-order valence-corrected chi connectivity index (χ2v) is 4.52. The zero-order valence-electron chi connectivity index (χ0n) is 10.6. The Labute approximate surface area is 102 Å². The maximum Gasteiger partial charge on any atom is 0.124 e. The van der Waals surface area contributed by atoms with Crippen LogP contribution in [-0.4, -0.2) is 6.04 Å². The predicted octanol–water partition coefficient (Wildman–Crippen LogP) is 3.22. The third-order valence-corrected chi connectivity index (χ3v) is 3.21. The average molecular weight is 234 g/mol. The molecule has 0 saturated carbocycles. The maximum absolute atomic E-state index is 13.2. The predicted molar refractivity (Wildman–Crippen MR) is 66.9 cm³/mol. The summed E-state index contributed by atoms with van der Waals surface area (Å²) in [6.07, 6.45) is 1.11. The minimum atomic E-state index is -0.350. The van der Waals surface area contributed by atoms with Crippen molar-refractivity contribution in [1.29, 1.82) is 5.26 Å². The van der Waals surface area contributed by atoms with Crippen LogP contribution in [0.5, 0.6) is 0 Å². The standard InChI is InChI=1S/C14H19FN2/c1-4-10(2)11(3)17-9-13-5-12(8-16)6-14(15)7-13/h5-7,10-11,17H,4,9H2,1-3H3. The van der Waals surface area contributed by atoms with E-state index in [-0.39, 0.29) is 5.82 Å². The van der Waals surface area contributed by atoms with Crippen LogP contribution in [-0.2, 0) is 6.54 Å². The van der Waals surface area contributed by atoms with Gasteiger partial charge >= 0.3 is 0 Å². The molecular formula is C14H19FN2. The lowest BCUT2D eigenvalue weighted by Crippen LogP contribution is -2.31. The van der Waals surface area contributed by atoms with Gasteiger partial charge in [-0.05, 0) is 36.6 Å². The molecule has 0 heterocycles. The maximum atomic E-state index is 13.2. The zero-order valence-corrected chi connectivity index (χ0v) is 10.6. The summed E-state index contributed by atoms with van der Waals surface area (Å²) in [5, 5.41) is 12.1. The first-order chi connectivity index (χ1) is 8.06. The average Bonchev–Trinajstić information content (AvgIpc) is 2.34. The van der Waals surface area contributed by atoms with E-state index in [1.165, 1.54) is 12.1 Å². The molecule has 0 bridgehead atoms. The van der Waals surface area contributed by atoms with Gasteiger partial charge in [0.1, 0.15) is 5.82 Å². The fourth-order valence-corrected chi connectivity index (χ4v) is 1.65. The van der Waals surface area contributed by atoms with E-state index in [2.05, 4.69) is 26.1 Å². The van der Waals surface area contributed by atoms with E-state index >= 15 is 0 Å². The Morgan fingerprint density at radius 3 is 2.65 bits per heavy atom. The SMILES string of the molecule is CCC(C)C(C)NCc1cc(F)cc(C#N)c1. The summed E-state index contributed by atoms with van der Waals surface area (Å²) in [5.41, 5.74) is 1.19. The van der Waals surface area contributed by atoms with Crippen LogP contribution < -0.4 is 5.32 Å². The molecule has 0 saturated heterocycles. The molecule has 3 heteroatoms. The number of rotatable bonds is 5. The van der Waals surface area contributed by atoms with Gasteiger partial charge in [-0.2, -0.15) is 5.26 Å². The van der Waals surface area contributed by atoms with Crippen molar-refractivity contribution < 1.29 is 4.39 Å². The number of nitriles is 1.